The van der Waals surface area contributed by atoms with E-state index in [2.05, 4.69) is 15.9 Å². The molecule has 0 N–H and O–H groups in total. The Morgan fingerprint density at radius 3 is 2.80 bits per heavy atom. The molecular weight excluding hydrogens is 314 g/mol. The SMILES string of the molecule is CC(=O)c1ccc(C#N)cc1N1CCC(OCCN2CCCCC2)C1. The Hall–Kier alpha value is -1.90. The van der Waals surface area contributed by atoms with E-state index < -0.39 is 0 Å². The van der Waals surface area contributed by atoms with Crippen molar-refractivity contribution in [1.29, 1.82) is 5.26 Å². The maximum absolute atomic E-state index is 11.9. The van der Waals surface area contributed by atoms with Gasteiger partial charge in [-0.05, 0) is 57.5 Å². The standard InChI is InChI=1S/C20H27N3O2/c1-16(24)19-6-5-17(14-21)13-20(19)23-10-7-18(15-23)25-12-11-22-8-3-2-4-9-22/h5-6,13,18H,2-4,7-12,15H2,1H3. The van der Waals surface area contributed by atoms with E-state index in [0.29, 0.717) is 11.1 Å². The van der Waals surface area contributed by atoms with E-state index in [-0.39, 0.29) is 11.9 Å². The molecule has 1 atom stereocenters. The van der Waals surface area contributed by atoms with Crippen LogP contribution in [0.25, 0.3) is 0 Å². The minimum Gasteiger partial charge on any atom is -0.375 e. The maximum Gasteiger partial charge on any atom is 0.161 e. The molecule has 134 valence electrons. The van der Waals surface area contributed by atoms with Crippen molar-refractivity contribution in [2.45, 2.75) is 38.7 Å². The summed E-state index contributed by atoms with van der Waals surface area (Å²) in [6.45, 7) is 7.41. The normalized spacial score (nSPS) is 21.3. The van der Waals surface area contributed by atoms with Crippen molar-refractivity contribution in [2.24, 2.45) is 0 Å². The lowest BCUT2D eigenvalue weighted by molar-refractivity contribution is 0.0467. The Kier molecular flexibility index (Phi) is 6.06. The van der Waals surface area contributed by atoms with Crippen molar-refractivity contribution in [3.8, 4) is 6.07 Å². The summed E-state index contributed by atoms with van der Waals surface area (Å²) in [6, 6.07) is 7.47. The van der Waals surface area contributed by atoms with Crippen LogP contribution in [0.3, 0.4) is 0 Å². The first-order chi connectivity index (χ1) is 12.2. The molecule has 0 bridgehead atoms. The third-order valence-electron chi connectivity index (χ3n) is 5.20. The van der Waals surface area contributed by atoms with Crippen molar-refractivity contribution >= 4 is 11.5 Å². The van der Waals surface area contributed by atoms with Crippen LogP contribution < -0.4 is 4.90 Å². The number of likely N-dealkylation sites (tertiary alicyclic amines) is 1. The number of ketones is 1. The summed E-state index contributed by atoms with van der Waals surface area (Å²) in [5.41, 5.74) is 2.15. The molecule has 0 aromatic heterocycles. The number of benzene rings is 1. The largest absolute Gasteiger partial charge is 0.375 e. The first-order valence-electron chi connectivity index (χ1n) is 9.31. The predicted molar refractivity (Wildman–Crippen MR) is 98.0 cm³/mol. The second kappa shape index (κ2) is 8.46. The van der Waals surface area contributed by atoms with Gasteiger partial charge in [-0.25, -0.2) is 0 Å². The van der Waals surface area contributed by atoms with Crippen molar-refractivity contribution in [3.63, 3.8) is 0 Å². The lowest BCUT2D eigenvalue weighted by Crippen LogP contribution is -2.34. The fourth-order valence-electron chi connectivity index (χ4n) is 3.78. The van der Waals surface area contributed by atoms with Crippen LogP contribution >= 0.6 is 0 Å². The lowest BCUT2D eigenvalue weighted by atomic mass is 10.1. The third-order valence-corrected chi connectivity index (χ3v) is 5.20. The van der Waals surface area contributed by atoms with E-state index in [1.54, 1.807) is 19.1 Å². The minimum absolute atomic E-state index is 0.0361. The van der Waals surface area contributed by atoms with E-state index in [9.17, 15) is 4.79 Å². The number of hydrogen-bond acceptors (Lipinski definition) is 5. The number of rotatable bonds is 6. The summed E-state index contributed by atoms with van der Waals surface area (Å²) in [5.74, 6) is 0.0361. The van der Waals surface area contributed by atoms with Gasteiger partial charge in [0.05, 0.1) is 24.3 Å². The first-order valence-corrected chi connectivity index (χ1v) is 9.31. The molecule has 1 unspecified atom stereocenters. The molecule has 3 rings (SSSR count). The Morgan fingerprint density at radius 1 is 1.28 bits per heavy atom. The average molecular weight is 341 g/mol. The van der Waals surface area contributed by atoms with Crippen molar-refractivity contribution in [3.05, 3.63) is 29.3 Å². The lowest BCUT2D eigenvalue weighted by Gasteiger charge is -2.27. The van der Waals surface area contributed by atoms with Gasteiger partial charge in [-0.2, -0.15) is 5.26 Å². The molecule has 2 aliphatic rings. The number of anilines is 1. The highest BCUT2D eigenvalue weighted by atomic mass is 16.5. The summed E-state index contributed by atoms with van der Waals surface area (Å²) in [6.07, 6.45) is 5.14. The van der Waals surface area contributed by atoms with Crippen LogP contribution in [0.1, 0.15) is 48.5 Å². The zero-order valence-corrected chi connectivity index (χ0v) is 15.0. The van der Waals surface area contributed by atoms with E-state index in [4.69, 9.17) is 10.00 Å². The van der Waals surface area contributed by atoms with Gasteiger partial charge in [0, 0.05) is 30.9 Å². The van der Waals surface area contributed by atoms with E-state index >= 15 is 0 Å². The van der Waals surface area contributed by atoms with Gasteiger partial charge in [0.15, 0.2) is 5.78 Å². The highest BCUT2D eigenvalue weighted by Gasteiger charge is 2.26. The molecule has 5 heteroatoms. The maximum atomic E-state index is 11.9. The van der Waals surface area contributed by atoms with Gasteiger partial charge in [0.2, 0.25) is 0 Å². The molecule has 0 amide bonds. The molecule has 5 nitrogen and oxygen atoms in total. The summed E-state index contributed by atoms with van der Waals surface area (Å²) >= 11 is 0. The molecule has 1 aromatic carbocycles. The van der Waals surface area contributed by atoms with Crippen LogP contribution in [0.4, 0.5) is 5.69 Å². The Morgan fingerprint density at radius 2 is 2.08 bits per heavy atom. The molecule has 2 fully saturated rings. The number of nitriles is 1. The zero-order chi connectivity index (χ0) is 17.6. The zero-order valence-electron chi connectivity index (χ0n) is 15.0. The van der Waals surface area contributed by atoms with Crippen LogP contribution in [-0.2, 0) is 4.74 Å². The second-order valence-corrected chi connectivity index (χ2v) is 7.03. The molecule has 25 heavy (non-hydrogen) atoms. The van der Waals surface area contributed by atoms with Gasteiger partial charge in [0.1, 0.15) is 0 Å². The van der Waals surface area contributed by atoms with Crippen LogP contribution in [0, 0.1) is 11.3 Å². The van der Waals surface area contributed by atoms with Crippen molar-refractivity contribution in [1.82, 2.24) is 4.90 Å². The van der Waals surface area contributed by atoms with Crippen LogP contribution in [0.5, 0.6) is 0 Å². The van der Waals surface area contributed by atoms with Gasteiger partial charge in [-0.15, -0.1) is 0 Å². The van der Waals surface area contributed by atoms with E-state index in [1.807, 2.05) is 6.07 Å². The molecule has 0 saturated carbocycles. The molecule has 2 heterocycles. The van der Waals surface area contributed by atoms with Crippen LogP contribution in [0.15, 0.2) is 18.2 Å². The van der Waals surface area contributed by atoms with Crippen LogP contribution in [0.2, 0.25) is 0 Å². The fraction of sp³-hybridized carbons (Fsp3) is 0.600. The van der Waals surface area contributed by atoms with Gasteiger partial charge in [0.25, 0.3) is 0 Å². The summed E-state index contributed by atoms with van der Waals surface area (Å²) in [7, 11) is 0. The number of piperidine rings is 1. The van der Waals surface area contributed by atoms with Crippen LogP contribution in [-0.4, -0.2) is 56.1 Å². The van der Waals surface area contributed by atoms with Gasteiger partial charge < -0.3 is 14.5 Å². The Balaban J connectivity index is 1.55. The first kappa shape index (κ1) is 17.9. The van der Waals surface area contributed by atoms with Crippen molar-refractivity contribution in [2.75, 3.05) is 44.2 Å². The summed E-state index contributed by atoms with van der Waals surface area (Å²) < 4.78 is 6.08. The summed E-state index contributed by atoms with van der Waals surface area (Å²) in [4.78, 5) is 16.6. The summed E-state index contributed by atoms with van der Waals surface area (Å²) in [5, 5.41) is 9.14. The number of nitrogens with zero attached hydrogens (tertiary/aromatic N) is 3. The molecule has 2 saturated heterocycles. The molecular formula is C20H27N3O2. The monoisotopic (exact) mass is 341 g/mol. The van der Waals surface area contributed by atoms with Crippen molar-refractivity contribution < 1.29 is 9.53 Å². The highest BCUT2D eigenvalue weighted by molar-refractivity contribution is 6.00. The second-order valence-electron chi connectivity index (χ2n) is 7.03. The quantitative estimate of drug-likeness (QED) is 0.745. The average Bonchev–Trinajstić information content (AvgIpc) is 3.11. The molecule has 0 aliphatic carbocycles. The smallest absolute Gasteiger partial charge is 0.161 e. The van der Waals surface area contributed by atoms with Gasteiger partial charge in [-0.3, -0.25) is 4.79 Å². The Bertz CT molecular complexity index is 647. The van der Waals surface area contributed by atoms with Gasteiger partial charge in [-0.1, -0.05) is 6.42 Å². The minimum atomic E-state index is 0.0361. The van der Waals surface area contributed by atoms with E-state index in [0.717, 1.165) is 38.3 Å². The number of Topliss-reactive ketones (excluding diaryl/α,β-unsaturated/α-hetero) is 1. The molecule has 1 aromatic rings. The highest BCUT2D eigenvalue weighted by Crippen LogP contribution is 2.27. The molecule has 2 aliphatic heterocycles. The predicted octanol–water partition coefficient (Wildman–Crippen LogP) is 2.84. The molecule has 0 radical (unpaired) electrons. The number of hydrogen-bond donors (Lipinski definition) is 0. The number of ether oxygens (including phenoxy) is 1. The fourth-order valence-corrected chi connectivity index (χ4v) is 3.78. The third kappa shape index (κ3) is 4.59. The number of carbonyl (C=O) groups is 1. The molecule has 0 spiro atoms. The number of carbonyl (C=O) groups excluding carboxylic acids is 1. The topological polar surface area (TPSA) is 56.6 Å². The Labute approximate surface area is 150 Å². The van der Waals surface area contributed by atoms with Gasteiger partial charge >= 0.3 is 0 Å². The van der Waals surface area contributed by atoms with E-state index in [1.165, 1.54) is 32.4 Å².